The van der Waals surface area contributed by atoms with E-state index in [9.17, 15) is 5.11 Å². The third-order valence-electron chi connectivity index (χ3n) is 5.36. The molecular weight excluding hydrogens is 300 g/mol. The van der Waals surface area contributed by atoms with Crippen LogP contribution in [0.4, 0.5) is 0 Å². The molecule has 0 spiro atoms. The summed E-state index contributed by atoms with van der Waals surface area (Å²) in [4.78, 5) is 7.15. The van der Waals surface area contributed by atoms with Crippen LogP contribution in [0.1, 0.15) is 64.7 Å². The maximum atomic E-state index is 9.54. The quantitative estimate of drug-likeness (QED) is 0.343. The van der Waals surface area contributed by atoms with Gasteiger partial charge in [-0.15, -0.1) is 0 Å². The van der Waals surface area contributed by atoms with Gasteiger partial charge in [0.25, 0.3) is 0 Å². The molecule has 0 radical (unpaired) electrons. The van der Waals surface area contributed by atoms with Crippen molar-refractivity contribution < 1.29 is 5.11 Å². The maximum absolute atomic E-state index is 9.54. The minimum absolute atomic E-state index is 0.0759. The van der Waals surface area contributed by atoms with Gasteiger partial charge in [0.2, 0.25) is 0 Å². The van der Waals surface area contributed by atoms with Crippen LogP contribution in [0.5, 0.6) is 0 Å². The normalized spacial score (nSPS) is 21.3. The van der Waals surface area contributed by atoms with Crippen LogP contribution in [0.15, 0.2) is 4.99 Å². The van der Waals surface area contributed by atoms with Gasteiger partial charge in [0, 0.05) is 32.7 Å². The lowest BCUT2D eigenvalue weighted by Gasteiger charge is -2.29. The molecule has 1 aliphatic carbocycles. The number of guanidine groups is 1. The molecule has 0 unspecified atom stereocenters. The number of hydrogen-bond acceptors (Lipinski definition) is 3. The number of likely N-dealkylation sites (tertiary alicyclic amines) is 1. The van der Waals surface area contributed by atoms with E-state index < -0.39 is 0 Å². The van der Waals surface area contributed by atoms with Crippen molar-refractivity contribution in [3.63, 3.8) is 0 Å². The molecular formula is C19H38N4O. The van der Waals surface area contributed by atoms with Crippen molar-refractivity contribution in [1.82, 2.24) is 15.5 Å². The zero-order valence-corrected chi connectivity index (χ0v) is 15.6. The van der Waals surface area contributed by atoms with E-state index in [4.69, 9.17) is 4.99 Å². The average Bonchev–Trinajstić information content (AvgIpc) is 3.10. The second kappa shape index (κ2) is 11.7. The molecule has 24 heavy (non-hydrogen) atoms. The number of piperidine rings is 1. The molecule has 0 atom stereocenters. The smallest absolute Gasteiger partial charge is 0.191 e. The minimum Gasteiger partial charge on any atom is -0.393 e. The minimum atomic E-state index is -0.0759. The van der Waals surface area contributed by atoms with Crippen LogP contribution in [0.3, 0.4) is 0 Å². The first kappa shape index (κ1) is 19.5. The summed E-state index contributed by atoms with van der Waals surface area (Å²) in [5, 5.41) is 16.4. The topological polar surface area (TPSA) is 59.9 Å². The molecule has 0 bridgehead atoms. The van der Waals surface area contributed by atoms with Crippen LogP contribution in [0, 0.1) is 5.92 Å². The highest BCUT2D eigenvalue weighted by molar-refractivity contribution is 5.79. The molecule has 0 aromatic heterocycles. The largest absolute Gasteiger partial charge is 0.393 e. The van der Waals surface area contributed by atoms with E-state index in [1.54, 1.807) is 0 Å². The Morgan fingerprint density at radius 3 is 2.54 bits per heavy atom. The van der Waals surface area contributed by atoms with Crippen LogP contribution in [-0.4, -0.2) is 61.3 Å². The van der Waals surface area contributed by atoms with E-state index in [2.05, 4.69) is 22.5 Å². The Labute approximate surface area is 148 Å². The van der Waals surface area contributed by atoms with Gasteiger partial charge in [-0.1, -0.05) is 25.7 Å². The summed E-state index contributed by atoms with van der Waals surface area (Å²) in [6, 6.07) is 0. The molecule has 2 fully saturated rings. The van der Waals surface area contributed by atoms with Crippen molar-refractivity contribution in [2.75, 3.05) is 39.3 Å². The van der Waals surface area contributed by atoms with Crippen LogP contribution < -0.4 is 10.6 Å². The van der Waals surface area contributed by atoms with Crippen molar-refractivity contribution in [3.8, 4) is 0 Å². The highest BCUT2D eigenvalue weighted by atomic mass is 16.3. The van der Waals surface area contributed by atoms with Crippen LogP contribution in [-0.2, 0) is 0 Å². The molecule has 1 aliphatic heterocycles. The van der Waals surface area contributed by atoms with Crippen molar-refractivity contribution in [1.29, 1.82) is 0 Å². The molecule has 1 saturated carbocycles. The molecule has 5 nitrogen and oxygen atoms in total. The van der Waals surface area contributed by atoms with Crippen molar-refractivity contribution in [3.05, 3.63) is 0 Å². The molecule has 140 valence electrons. The summed E-state index contributed by atoms with van der Waals surface area (Å²) in [5.74, 6) is 1.95. The molecule has 2 aliphatic rings. The van der Waals surface area contributed by atoms with Crippen LogP contribution in [0.25, 0.3) is 0 Å². The Kier molecular flexibility index (Phi) is 9.51. The summed E-state index contributed by atoms with van der Waals surface area (Å²) in [6.07, 6.45) is 11.3. The molecule has 0 amide bonds. The number of nitrogens with one attached hydrogen (secondary N) is 2. The van der Waals surface area contributed by atoms with Gasteiger partial charge in [0.1, 0.15) is 0 Å². The van der Waals surface area contributed by atoms with Crippen molar-refractivity contribution >= 4 is 5.96 Å². The highest BCUT2D eigenvalue weighted by Crippen LogP contribution is 2.28. The molecule has 2 rings (SSSR count). The number of hydrogen-bond donors (Lipinski definition) is 3. The lowest BCUT2D eigenvalue weighted by Crippen LogP contribution is -2.38. The SMILES string of the molecule is CCNC(=NCCCN1CCC(O)CC1)NCCCC1CCCC1. The number of aliphatic imine (C=N–C) groups is 1. The summed E-state index contributed by atoms with van der Waals surface area (Å²) in [5.41, 5.74) is 0. The molecule has 0 aromatic carbocycles. The predicted molar refractivity (Wildman–Crippen MR) is 101 cm³/mol. The molecule has 1 saturated heterocycles. The van der Waals surface area contributed by atoms with E-state index in [0.29, 0.717) is 0 Å². The van der Waals surface area contributed by atoms with Gasteiger partial charge in [-0.05, 0) is 51.5 Å². The van der Waals surface area contributed by atoms with Gasteiger partial charge in [0.05, 0.1) is 6.10 Å². The fourth-order valence-corrected chi connectivity index (χ4v) is 3.87. The van der Waals surface area contributed by atoms with E-state index in [-0.39, 0.29) is 6.10 Å². The Bertz CT molecular complexity index is 347. The Morgan fingerprint density at radius 1 is 1.08 bits per heavy atom. The maximum Gasteiger partial charge on any atom is 0.191 e. The monoisotopic (exact) mass is 338 g/mol. The first-order valence-corrected chi connectivity index (χ1v) is 10.2. The van der Waals surface area contributed by atoms with E-state index in [1.807, 2.05) is 0 Å². The van der Waals surface area contributed by atoms with Crippen molar-refractivity contribution in [2.45, 2.75) is 70.8 Å². The summed E-state index contributed by atoms with van der Waals surface area (Å²) >= 11 is 0. The number of aliphatic hydroxyl groups excluding tert-OH is 1. The zero-order chi connectivity index (χ0) is 17.0. The van der Waals surface area contributed by atoms with Crippen LogP contribution >= 0.6 is 0 Å². The Morgan fingerprint density at radius 2 is 1.83 bits per heavy atom. The van der Waals surface area contributed by atoms with Gasteiger partial charge in [0.15, 0.2) is 5.96 Å². The standard InChI is InChI=1S/C19H38N4O/c1-2-20-19(21-12-5-9-17-7-3-4-8-17)22-13-6-14-23-15-10-18(24)11-16-23/h17-18,24H,2-16H2,1H3,(H2,20,21,22). The molecule has 0 aromatic rings. The predicted octanol–water partition coefficient (Wildman–Crippen LogP) is 2.36. The van der Waals surface area contributed by atoms with E-state index in [0.717, 1.165) is 70.4 Å². The third-order valence-corrected chi connectivity index (χ3v) is 5.36. The summed E-state index contributed by atoms with van der Waals surface area (Å²) in [7, 11) is 0. The summed E-state index contributed by atoms with van der Waals surface area (Å²) in [6.45, 7) is 8.10. The second-order valence-corrected chi connectivity index (χ2v) is 7.41. The van der Waals surface area contributed by atoms with E-state index in [1.165, 1.54) is 38.5 Å². The lowest BCUT2D eigenvalue weighted by molar-refractivity contribution is 0.0824. The van der Waals surface area contributed by atoms with Gasteiger partial charge in [-0.3, -0.25) is 4.99 Å². The van der Waals surface area contributed by atoms with Gasteiger partial charge in [-0.2, -0.15) is 0 Å². The fourth-order valence-electron chi connectivity index (χ4n) is 3.87. The van der Waals surface area contributed by atoms with Crippen molar-refractivity contribution in [2.24, 2.45) is 10.9 Å². The number of nitrogens with zero attached hydrogens (tertiary/aromatic N) is 2. The van der Waals surface area contributed by atoms with E-state index >= 15 is 0 Å². The van der Waals surface area contributed by atoms with Gasteiger partial charge >= 0.3 is 0 Å². The summed E-state index contributed by atoms with van der Waals surface area (Å²) < 4.78 is 0. The number of rotatable bonds is 9. The average molecular weight is 339 g/mol. The first-order valence-electron chi connectivity index (χ1n) is 10.2. The molecule has 5 heteroatoms. The number of aliphatic hydroxyl groups is 1. The lowest BCUT2D eigenvalue weighted by atomic mass is 10.0. The Hall–Kier alpha value is -0.810. The highest BCUT2D eigenvalue weighted by Gasteiger charge is 2.16. The van der Waals surface area contributed by atoms with Gasteiger partial charge in [-0.25, -0.2) is 0 Å². The van der Waals surface area contributed by atoms with Crippen LogP contribution in [0.2, 0.25) is 0 Å². The second-order valence-electron chi connectivity index (χ2n) is 7.41. The fraction of sp³-hybridized carbons (Fsp3) is 0.947. The third kappa shape index (κ3) is 7.84. The molecule has 1 heterocycles. The van der Waals surface area contributed by atoms with Gasteiger partial charge < -0.3 is 20.6 Å². The Balaban J connectivity index is 1.55. The first-order chi connectivity index (χ1) is 11.8. The zero-order valence-electron chi connectivity index (χ0n) is 15.6. The molecule has 3 N–H and O–H groups in total.